The van der Waals surface area contributed by atoms with Gasteiger partial charge in [-0.2, -0.15) is 0 Å². The van der Waals surface area contributed by atoms with Gasteiger partial charge < -0.3 is 9.64 Å². The van der Waals surface area contributed by atoms with Crippen molar-refractivity contribution in [3.8, 4) is 0 Å². The van der Waals surface area contributed by atoms with Crippen LogP contribution in [-0.2, 0) is 9.53 Å². The van der Waals surface area contributed by atoms with Gasteiger partial charge in [0.1, 0.15) is 11.6 Å². The largest absolute Gasteiger partial charge is 0.377 e. The second kappa shape index (κ2) is 5.10. The maximum Gasteiger partial charge on any atom is 0.210 e. The fourth-order valence-corrected chi connectivity index (χ4v) is 2.27. The molecule has 0 radical (unpaired) electrons. The number of ether oxygens (including phenoxy) is 1. The first-order chi connectivity index (χ1) is 8.13. The zero-order valence-electron chi connectivity index (χ0n) is 8.83. The molecule has 0 aromatic heterocycles. The van der Waals surface area contributed by atoms with Gasteiger partial charge in [0.05, 0.1) is 19.3 Å². The van der Waals surface area contributed by atoms with Crippen LogP contribution in [0.15, 0.2) is 16.6 Å². The Morgan fingerprint density at radius 3 is 2.65 bits per heavy atom. The topological polar surface area (TPSA) is 29.5 Å². The van der Waals surface area contributed by atoms with Crippen molar-refractivity contribution in [1.29, 1.82) is 0 Å². The van der Waals surface area contributed by atoms with Crippen LogP contribution < -0.4 is 0 Å². The third-order valence-electron chi connectivity index (χ3n) is 2.68. The molecule has 0 N–H and O–H groups in total. The van der Waals surface area contributed by atoms with E-state index in [0.717, 1.165) is 0 Å². The van der Waals surface area contributed by atoms with Crippen molar-refractivity contribution in [2.24, 2.45) is 0 Å². The second-order valence-corrected chi connectivity index (χ2v) is 4.63. The zero-order chi connectivity index (χ0) is 12.4. The molecule has 3 nitrogen and oxygen atoms in total. The Hall–Kier alpha value is -1.01. The number of hydrogen-bond donors (Lipinski definition) is 0. The monoisotopic (exact) mass is 305 g/mol. The summed E-state index contributed by atoms with van der Waals surface area (Å²) < 4.78 is 33.0. The van der Waals surface area contributed by atoms with Crippen LogP contribution in [0, 0.1) is 11.6 Å². The van der Waals surface area contributed by atoms with Gasteiger partial charge in [0, 0.05) is 16.6 Å². The Kier molecular flexibility index (Phi) is 3.73. The number of nitrogens with zero attached hydrogens (tertiary/aromatic N) is 1. The number of carbonyl (C=O) groups excluding carboxylic acids is 1. The van der Waals surface area contributed by atoms with Crippen LogP contribution >= 0.6 is 15.9 Å². The summed E-state index contributed by atoms with van der Waals surface area (Å²) >= 11 is 3.01. The summed E-state index contributed by atoms with van der Waals surface area (Å²) in [6.07, 6.45) is 0.591. The average molecular weight is 306 g/mol. The molecule has 0 aliphatic carbocycles. The molecule has 1 aromatic rings. The minimum atomic E-state index is -0.700. The van der Waals surface area contributed by atoms with E-state index in [1.807, 2.05) is 0 Å². The van der Waals surface area contributed by atoms with Gasteiger partial charge in [-0.25, -0.2) is 8.78 Å². The van der Waals surface area contributed by atoms with Crippen molar-refractivity contribution in [1.82, 2.24) is 4.90 Å². The van der Waals surface area contributed by atoms with Crippen LogP contribution in [0.3, 0.4) is 0 Å². The Morgan fingerprint density at radius 1 is 1.41 bits per heavy atom. The average Bonchev–Trinajstić information content (AvgIpc) is 2.28. The van der Waals surface area contributed by atoms with E-state index in [1.54, 1.807) is 0 Å². The quantitative estimate of drug-likeness (QED) is 0.785. The fraction of sp³-hybridized carbons (Fsp3) is 0.364. The SMILES string of the molecule is O=CN1CCOC[C@@H]1c1c(F)cc(Br)cc1F. The summed E-state index contributed by atoms with van der Waals surface area (Å²) in [6, 6.07) is 1.65. The first-order valence-electron chi connectivity index (χ1n) is 5.06. The Bertz CT molecular complexity index is 418. The maximum absolute atomic E-state index is 13.7. The highest BCUT2D eigenvalue weighted by molar-refractivity contribution is 9.10. The summed E-state index contributed by atoms with van der Waals surface area (Å²) in [5.74, 6) is -1.36. The number of rotatable bonds is 2. The van der Waals surface area contributed by atoms with Crippen LogP contribution in [0.1, 0.15) is 11.6 Å². The van der Waals surface area contributed by atoms with E-state index < -0.39 is 17.7 Å². The molecule has 0 spiro atoms. The lowest BCUT2D eigenvalue weighted by atomic mass is 10.0. The molecule has 0 bridgehead atoms. The van der Waals surface area contributed by atoms with Crippen molar-refractivity contribution >= 4 is 22.3 Å². The first-order valence-corrected chi connectivity index (χ1v) is 5.86. The van der Waals surface area contributed by atoms with E-state index in [1.165, 1.54) is 17.0 Å². The maximum atomic E-state index is 13.7. The molecular formula is C11H10BrF2NO2. The third kappa shape index (κ3) is 2.47. The number of amides is 1. The molecule has 1 aromatic carbocycles. The predicted molar refractivity (Wildman–Crippen MR) is 60.4 cm³/mol. The van der Waals surface area contributed by atoms with E-state index in [4.69, 9.17) is 4.74 Å². The van der Waals surface area contributed by atoms with E-state index >= 15 is 0 Å². The van der Waals surface area contributed by atoms with Crippen LogP contribution in [-0.4, -0.2) is 31.1 Å². The molecule has 1 atom stereocenters. The molecule has 1 saturated heterocycles. The molecule has 0 unspecified atom stereocenters. The Balaban J connectivity index is 2.41. The lowest BCUT2D eigenvalue weighted by molar-refractivity contribution is -0.126. The summed E-state index contributed by atoms with van der Waals surface area (Å²) in [5.41, 5.74) is -0.125. The molecule has 1 aliphatic rings. The van der Waals surface area contributed by atoms with E-state index in [-0.39, 0.29) is 12.2 Å². The molecule has 2 rings (SSSR count). The first kappa shape index (κ1) is 12.4. The Morgan fingerprint density at radius 2 is 2.06 bits per heavy atom. The fourth-order valence-electron chi connectivity index (χ4n) is 1.86. The lowest BCUT2D eigenvalue weighted by Crippen LogP contribution is -2.39. The van der Waals surface area contributed by atoms with E-state index in [9.17, 15) is 13.6 Å². The van der Waals surface area contributed by atoms with E-state index in [2.05, 4.69) is 15.9 Å². The minimum absolute atomic E-state index is 0.105. The van der Waals surface area contributed by atoms with Gasteiger partial charge in [-0.1, -0.05) is 15.9 Å². The van der Waals surface area contributed by atoms with Crippen LogP contribution in [0.4, 0.5) is 8.78 Å². The second-order valence-electron chi connectivity index (χ2n) is 3.72. The molecular weight excluding hydrogens is 296 g/mol. The van der Waals surface area contributed by atoms with Crippen molar-refractivity contribution in [3.05, 3.63) is 33.8 Å². The van der Waals surface area contributed by atoms with Crippen molar-refractivity contribution in [2.45, 2.75) is 6.04 Å². The van der Waals surface area contributed by atoms with Crippen molar-refractivity contribution < 1.29 is 18.3 Å². The number of hydrogen-bond acceptors (Lipinski definition) is 2. The number of halogens is 3. The number of benzene rings is 1. The molecule has 1 heterocycles. The van der Waals surface area contributed by atoms with Gasteiger partial charge in [-0.05, 0) is 12.1 Å². The molecule has 92 valence electrons. The van der Waals surface area contributed by atoms with Gasteiger partial charge in [-0.3, -0.25) is 4.79 Å². The van der Waals surface area contributed by atoms with Crippen LogP contribution in [0.2, 0.25) is 0 Å². The summed E-state index contributed by atoms with van der Waals surface area (Å²) in [6.45, 7) is 0.826. The standard InChI is InChI=1S/C11H10BrF2NO2/c12-7-3-8(13)11(9(14)4-7)10-5-17-2-1-15(10)6-16/h3-4,6,10H,1-2,5H2/t10-/m1/s1. The van der Waals surface area contributed by atoms with Gasteiger partial charge in [0.15, 0.2) is 0 Å². The molecule has 17 heavy (non-hydrogen) atoms. The minimum Gasteiger partial charge on any atom is -0.377 e. The lowest BCUT2D eigenvalue weighted by Gasteiger charge is -2.33. The summed E-state index contributed by atoms with van der Waals surface area (Å²) in [5, 5.41) is 0. The van der Waals surface area contributed by atoms with Crippen molar-refractivity contribution in [3.63, 3.8) is 0 Å². The summed E-state index contributed by atoms with van der Waals surface area (Å²) in [4.78, 5) is 12.2. The highest BCUT2D eigenvalue weighted by Crippen LogP contribution is 2.29. The van der Waals surface area contributed by atoms with Gasteiger partial charge in [-0.15, -0.1) is 0 Å². The van der Waals surface area contributed by atoms with Crippen molar-refractivity contribution in [2.75, 3.05) is 19.8 Å². The number of carbonyl (C=O) groups is 1. The highest BCUT2D eigenvalue weighted by atomic mass is 79.9. The number of morpholine rings is 1. The van der Waals surface area contributed by atoms with Crippen LogP contribution in [0.5, 0.6) is 0 Å². The van der Waals surface area contributed by atoms with Gasteiger partial charge in [0.25, 0.3) is 0 Å². The normalized spacial score (nSPS) is 20.4. The van der Waals surface area contributed by atoms with Gasteiger partial charge in [0.2, 0.25) is 6.41 Å². The molecule has 1 amide bonds. The van der Waals surface area contributed by atoms with Crippen LogP contribution in [0.25, 0.3) is 0 Å². The van der Waals surface area contributed by atoms with Gasteiger partial charge >= 0.3 is 0 Å². The molecule has 0 saturated carbocycles. The summed E-state index contributed by atoms with van der Waals surface area (Å²) in [7, 11) is 0. The molecule has 1 aliphatic heterocycles. The van der Waals surface area contributed by atoms with E-state index in [0.29, 0.717) is 24.0 Å². The highest BCUT2D eigenvalue weighted by Gasteiger charge is 2.28. The third-order valence-corrected chi connectivity index (χ3v) is 3.14. The smallest absolute Gasteiger partial charge is 0.210 e. The predicted octanol–water partition coefficient (Wildman–Crippen LogP) is 2.26. The zero-order valence-corrected chi connectivity index (χ0v) is 10.4. The Labute approximate surface area is 105 Å². The molecule has 6 heteroatoms. The molecule has 1 fully saturated rings.